The second kappa shape index (κ2) is 13.9. The molecule has 1 aromatic heterocycles. The van der Waals surface area contributed by atoms with Crippen LogP contribution >= 0.6 is 11.3 Å². The maximum absolute atomic E-state index is 13.9. The molecule has 2 amide bonds. The van der Waals surface area contributed by atoms with Crippen LogP contribution in [0.15, 0.2) is 29.1 Å². The van der Waals surface area contributed by atoms with Crippen molar-refractivity contribution in [2.45, 2.75) is 77.8 Å². The van der Waals surface area contributed by atoms with Gasteiger partial charge in [-0.25, -0.2) is 4.98 Å². The fraction of sp³-hybridized carbons (Fsp3) is 0.471. The summed E-state index contributed by atoms with van der Waals surface area (Å²) in [6.45, 7) is 5.47. The molecule has 0 saturated heterocycles. The average Bonchev–Trinajstić information content (AvgIpc) is 3.30. The number of nitrogens with zero attached hydrogens (tertiary/aromatic N) is 1. The first-order valence-electron chi connectivity index (χ1n) is 15.5. The van der Waals surface area contributed by atoms with E-state index in [0.717, 1.165) is 54.5 Å². The minimum atomic E-state index is -0.678. The summed E-state index contributed by atoms with van der Waals surface area (Å²) in [4.78, 5) is 45.8. The van der Waals surface area contributed by atoms with Crippen LogP contribution in [-0.4, -0.2) is 44.2 Å². The van der Waals surface area contributed by atoms with Crippen LogP contribution in [0.2, 0.25) is 0 Å². The molecule has 0 bridgehead atoms. The predicted octanol–water partition coefficient (Wildman–Crippen LogP) is 5.66. The lowest BCUT2D eigenvalue weighted by atomic mass is 9.95. The highest BCUT2D eigenvalue weighted by molar-refractivity contribution is 7.15. The van der Waals surface area contributed by atoms with Crippen LogP contribution in [0.3, 0.4) is 0 Å². The molecule has 2 aliphatic carbocycles. The summed E-state index contributed by atoms with van der Waals surface area (Å²) in [5, 5.41) is 9.92. The maximum Gasteiger partial charge on any atom is 0.248 e. The largest absolute Gasteiger partial charge is 0.493 e. The van der Waals surface area contributed by atoms with E-state index < -0.39 is 12.1 Å². The number of hydrogen-bond donors (Lipinski definition) is 3. The Morgan fingerprint density at radius 2 is 1.80 bits per heavy atom. The van der Waals surface area contributed by atoms with Crippen molar-refractivity contribution < 1.29 is 23.8 Å². The summed E-state index contributed by atoms with van der Waals surface area (Å²) >= 11 is 1.54. The Bertz CT molecular complexity index is 1630. The normalized spacial score (nSPS) is 16.5. The number of hydrogen-bond acceptors (Lipinski definition) is 9. The summed E-state index contributed by atoms with van der Waals surface area (Å²) in [6, 6.07) is 5.94. The first kappa shape index (κ1) is 32.3. The van der Waals surface area contributed by atoms with Crippen LogP contribution in [0.1, 0.15) is 74.2 Å². The van der Waals surface area contributed by atoms with Crippen LogP contribution in [0, 0.1) is 5.92 Å². The van der Waals surface area contributed by atoms with Gasteiger partial charge in [0.2, 0.25) is 23.0 Å². The summed E-state index contributed by atoms with van der Waals surface area (Å²) in [5.41, 5.74) is 4.15. The van der Waals surface area contributed by atoms with Crippen molar-refractivity contribution in [2.75, 3.05) is 32.0 Å². The van der Waals surface area contributed by atoms with Gasteiger partial charge in [-0.3, -0.25) is 14.4 Å². The lowest BCUT2D eigenvalue weighted by molar-refractivity contribution is -0.120. The van der Waals surface area contributed by atoms with E-state index in [0.29, 0.717) is 40.8 Å². The van der Waals surface area contributed by atoms with Crippen molar-refractivity contribution in [2.24, 2.45) is 5.92 Å². The van der Waals surface area contributed by atoms with Gasteiger partial charge in [0, 0.05) is 17.4 Å². The number of thiazole rings is 1. The molecule has 3 N–H and O–H groups in total. The minimum Gasteiger partial charge on any atom is -0.493 e. The second-order valence-electron chi connectivity index (χ2n) is 11.7. The highest BCUT2D eigenvalue weighted by Crippen LogP contribution is 2.50. The fourth-order valence-electron chi connectivity index (χ4n) is 6.28. The van der Waals surface area contributed by atoms with E-state index in [1.54, 1.807) is 33.5 Å². The Morgan fingerprint density at radius 3 is 2.47 bits per heavy atom. The standard InChI is InChI=1S/C34H42N4O6S/c1-7-18(2)30(33(41)38-34-37-25-10-8-9-11-28(25)45-34)36-24-15-13-21-22(17-26(24)40)23(35-19(3)39)14-12-20-16-27(42-4)31(43-5)32(44-6)29(20)21/h13,15-18,23,30H,7-12,14H2,1-6H3,(H,35,39)(H,36,40)(H,37,38,41). The zero-order valence-corrected chi connectivity index (χ0v) is 27.6. The first-order chi connectivity index (χ1) is 21.7. The molecular weight excluding hydrogens is 592 g/mol. The Kier molecular flexibility index (Phi) is 9.96. The third kappa shape index (κ3) is 6.63. The van der Waals surface area contributed by atoms with Crippen molar-refractivity contribution in [1.29, 1.82) is 0 Å². The molecule has 2 aliphatic rings. The Hall–Kier alpha value is -4.12. The minimum absolute atomic E-state index is 0.0769. The molecular formula is C34H42N4O6S. The molecule has 45 heavy (non-hydrogen) atoms. The van der Waals surface area contributed by atoms with Crippen LogP contribution in [0.5, 0.6) is 17.2 Å². The van der Waals surface area contributed by atoms with E-state index in [2.05, 4.69) is 20.9 Å². The number of aromatic nitrogens is 1. The van der Waals surface area contributed by atoms with Crippen LogP contribution < -0.4 is 35.6 Å². The molecule has 0 fully saturated rings. The lowest BCUT2D eigenvalue weighted by Gasteiger charge is -2.23. The van der Waals surface area contributed by atoms with E-state index >= 15 is 0 Å². The predicted molar refractivity (Wildman–Crippen MR) is 177 cm³/mol. The summed E-state index contributed by atoms with van der Waals surface area (Å²) < 4.78 is 17.2. The lowest BCUT2D eigenvalue weighted by Crippen LogP contribution is -2.40. The monoisotopic (exact) mass is 634 g/mol. The number of benzene rings is 1. The molecule has 0 spiro atoms. The van der Waals surface area contributed by atoms with E-state index in [1.807, 2.05) is 26.0 Å². The van der Waals surface area contributed by atoms with Crippen molar-refractivity contribution in [3.8, 4) is 28.4 Å². The van der Waals surface area contributed by atoms with Gasteiger partial charge in [-0.2, -0.15) is 0 Å². The average molecular weight is 635 g/mol. The van der Waals surface area contributed by atoms with Gasteiger partial charge in [0.25, 0.3) is 0 Å². The third-order valence-corrected chi connectivity index (χ3v) is 9.87. The summed E-state index contributed by atoms with van der Waals surface area (Å²) in [5.74, 6) is 0.937. The van der Waals surface area contributed by atoms with Gasteiger partial charge in [0.15, 0.2) is 16.6 Å². The first-order valence-corrected chi connectivity index (χ1v) is 16.3. The number of amides is 2. The molecule has 240 valence electrons. The molecule has 0 saturated carbocycles. The number of nitrogens with one attached hydrogen (secondary N) is 3. The van der Waals surface area contributed by atoms with Gasteiger partial charge >= 0.3 is 0 Å². The van der Waals surface area contributed by atoms with Gasteiger partial charge in [-0.1, -0.05) is 26.3 Å². The number of fused-ring (bicyclic) bond motifs is 4. The zero-order chi connectivity index (χ0) is 32.2. The van der Waals surface area contributed by atoms with E-state index in [4.69, 9.17) is 14.2 Å². The van der Waals surface area contributed by atoms with Crippen molar-refractivity contribution >= 4 is 34.0 Å². The Morgan fingerprint density at radius 1 is 1.04 bits per heavy atom. The number of anilines is 2. The van der Waals surface area contributed by atoms with Crippen LogP contribution in [0.4, 0.5) is 10.8 Å². The van der Waals surface area contributed by atoms with Crippen molar-refractivity contribution in [3.05, 3.63) is 56.2 Å². The Labute approximate surface area is 267 Å². The quantitative estimate of drug-likeness (QED) is 0.261. The molecule has 0 radical (unpaired) electrons. The van der Waals surface area contributed by atoms with Gasteiger partial charge in [-0.15, -0.1) is 11.3 Å². The topological polar surface area (TPSA) is 128 Å². The van der Waals surface area contributed by atoms with Gasteiger partial charge < -0.3 is 30.2 Å². The van der Waals surface area contributed by atoms with Crippen LogP contribution in [-0.2, 0) is 28.9 Å². The summed E-state index contributed by atoms with van der Waals surface area (Å²) in [6.07, 6.45) is 6.06. The number of carbonyl (C=O) groups excluding carboxylic acids is 2. The molecule has 3 atom stereocenters. The molecule has 1 heterocycles. The fourth-order valence-corrected chi connectivity index (χ4v) is 7.34. The van der Waals surface area contributed by atoms with Gasteiger partial charge in [0.1, 0.15) is 6.04 Å². The number of carbonyl (C=O) groups is 2. The molecule has 10 nitrogen and oxygen atoms in total. The molecule has 2 aromatic carbocycles. The third-order valence-electron chi connectivity index (χ3n) is 8.80. The SMILES string of the molecule is CCC(C)C(Nc1ccc2c(cc1=O)C(NC(C)=O)CCc1cc(OC)c(OC)c(OC)c1-2)C(=O)Nc1nc2c(s1)CCCC2. The highest BCUT2D eigenvalue weighted by Gasteiger charge is 2.31. The number of aryl methyl sites for hydroxylation is 3. The van der Waals surface area contributed by atoms with E-state index in [-0.39, 0.29) is 28.8 Å². The van der Waals surface area contributed by atoms with Crippen LogP contribution in [0.25, 0.3) is 11.1 Å². The zero-order valence-electron chi connectivity index (χ0n) is 26.8. The number of ether oxygens (including phenoxy) is 3. The second-order valence-corrected chi connectivity index (χ2v) is 12.8. The molecule has 0 aliphatic heterocycles. The van der Waals surface area contributed by atoms with E-state index in [9.17, 15) is 14.4 Å². The number of rotatable bonds is 10. The van der Waals surface area contributed by atoms with Gasteiger partial charge in [-0.05, 0) is 79.3 Å². The maximum atomic E-state index is 13.9. The molecule has 3 aromatic rings. The molecule has 5 rings (SSSR count). The van der Waals surface area contributed by atoms with Gasteiger partial charge in [0.05, 0.1) is 38.8 Å². The number of methoxy groups -OCH3 is 3. The Balaban J connectivity index is 1.58. The summed E-state index contributed by atoms with van der Waals surface area (Å²) in [7, 11) is 4.69. The smallest absolute Gasteiger partial charge is 0.248 e. The van der Waals surface area contributed by atoms with E-state index in [1.165, 1.54) is 23.1 Å². The van der Waals surface area contributed by atoms with Crippen molar-refractivity contribution in [1.82, 2.24) is 10.3 Å². The molecule has 3 unspecified atom stereocenters. The highest BCUT2D eigenvalue weighted by atomic mass is 32.1. The van der Waals surface area contributed by atoms with Crippen molar-refractivity contribution in [3.63, 3.8) is 0 Å². The molecule has 11 heteroatoms.